The second-order valence-electron chi connectivity index (χ2n) is 6.82. The monoisotopic (exact) mass is 414 g/mol. The van der Waals surface area contributed by atoms with Gasteiger partial charge in [0.25, 0.3) is 0 Å². The van der Waals surface area contributed by atoms with Crippen molar-refractivity contribution in [2.24, 2.45) is 15.6 Å². The van der Waals surface area contributed by atoms with Gasteiger partial charge in [0.05, 0.1) is 10.0 Å². The molecule has 0 aromatic heterocycles. The summed E-state index contributed by atoms with van der Waals surface area (Å²) in [5, 5.41) is 14.2. The standard InChI is InChI=1S/C17H20Cl2N4O2S/c1-9(17(2,3)4)22-23-16-21-15(25)13(26-16)8-14(24)20-10-5-6-11(18)12(19)7-10/h5-7,13H,8H2,1-4H3,(H,20,24)(H,21,23,25). The fourth-order valence-corrected chi connectivity index (χ4v) is 3.03. The van der Waals surface area contributed by atoms with Crippen molar-refractivity contribution in [3.8, 4) is 0 Å². The number of benzene rings is 1. The molecular weight excluding hydrogens is 395 g/mol. The van der Waals surface area contributed by atoms with Gasteiger partial charge >= 0.3 is 0 Å². The molecule has 1 aromatic carbocycles. The van der Waals surface area contributed by atoms with Gasteiger partial charge in [-0.3, -0.25) is 9.59 Å². The van der Waals surface area contributed by atoms with Crippen LogP contribution in [0.2, 0.25) is 10.0 Å². The predicted octanol–water partition coefficient (Wildman–Crippen LogP) is 4.33. The Hall–Kier alpha value is -1.57. The maximum Gasteiger partial charge on any atom is 0.240 e. The van der Waals surface area contributed by atoms with E-state index < -0.39 is 5.25 Å². The lowest BCUT2D eigenvalue weighted by Gasteiger charge is -2.16. The Morgan fingerprint density at radius 2 is 2.00 bits per heavy atom. The molecule has 1 heterocycles. The molecule has 0 saturated carbocycles. The van der Waals surface area contributed by atoms with Gasteiger partial charge in [-0.1, -0.05) is 55.7 Å². The number of carbonyl (C=O) groups excluding carboxylic acids is 2. The molecule has 0 bridgehead atoms. The van der Waals surface area contributed by atoms with Gasteiger partial charge < -0.3 is 10.6 Å². The highest BCUT2D eigenvalue weighted by molar-refractivity contribution is 8.15. The first kappa shape index (κ1) is 20.7. The molecule has 2 amide bonds. The average molecular weight is 415 g/mol. The maximum atomic E-state index is 12.2. The van der Waals surface area contributed by atoms with Crippen LogP contribution in [0.4, 0.5) is 5.69 Å². The molecule has 1 atom stereocenters. The van der Waals surface area contributed by atoms with Gasteiger partial charge in [-0.2, -0.15) is 5.10 Å². The molecule has 1 aliphatic heterocycles. The minimum Gasteiger partial charge on any atom is -0.326 e. The lowest BCUT2D eigenvalue weighted by molar-refractivity contribution is -0.122. The first-order valence-electron chi connectivity index (χ1n) is 7.91. The number of thioether (sulfide) groups is 1. The third kappa shape index (κ3) is 5.72. The van der Waals surface area contributed by atoms with Crippen molar-refractivity contribution in [1.29, 1.82) is 0 Å². The van der Waals surface area contributed by atoms with Crippen molar-refractivity contribution in [2.45, 2.75) is 39.4 Å². The van der Waals surface area contributed by atoms with E-state index in [0.29, 0.717) is 20.9 Å². The number of amidine groups is 1. The Kier molecular flexibility index (Phi) is 6.71. The number of anilines is 1. The third-order valence-electron chi connectivity index (χ3n) is 3.73. The highest BCUT2D eigenvalue weighted by atomic mass is 35.5. The van der Waals surface area contributed by atoms with E-state index in [9.17, 15) is 9.59 Å². The molecule has 0 spiro atoms. The van der Waals surface area contributed by atoms with Gasteiger partial charge in [0.2, 0.25) is 11.8 Å². The number of rotatable bonds is 4. The van der Waals surface area contributed by atoms with Crippen LogP contribution < -0.4 is 10.6 Å². The van der Waals surface area contributed by atoms with E-state index in [-0.39, 0.29) is 23.7 Å². The van der Waals surface area contributed by atoms with Crippen LogP contribution in [0.5, 0.6) is 0 Å². The van der Waals surface area contributed by atoms with Crippen LogP contribution in [-0.2, 0) is 9.59 Å². The lowest BCUT2D eigenvalue weighted by Crippen LogP contribution is -2.28. The van der Waals surface area contributed by atoms with Crippen LogP contribution in [-0.4, -0.2) is 27.9 Å². The highest BCUT2D eigenvalue weighted by Crippen LogP contribution is 2.26. The molecule has 26 heavy (non-hydrogen) atoms. The molecule has 1 aromatic rings. The summed E-state index contributed by atoms with van der Waals surface area (Å²) in [4.78, 5) is 24.2. The smallest absolute Gasteiger partial charge is 0.240 e. The predicted molar refractivity (Wildman–Crippen MR) is 109 cm³/mol. The van der Waals surface area contributed by atoms with E-state index in [1.165, 1.54) is 11.8 Å². The zero-order valence-electron chi connectivity index (χ0n) is 14.9. The summed E-state index contributed by atoms with van der Waals surface area (Å²) in [6.45, 7) is 7.97. The molecule has 0 aliphatic carbocycles. The summed E-state index contributed by atoms with van der Waals surface area (Å²) in [5.74, 6) is -0.562. The second kappa shape index (κ2) is 8.41. The number of nitrogens with zero attached hydrogens (tertiary/aromatic N) is 2. The van der Waals surface area contributed by atoms with E-state index in [4.69, 9.17) is 23.2 Å². The SMILES string of the molecule is CC(=N/N=C1/NC(=O)C(CC(=O)Nc2ccc(Cl)c(Cl)c2)S1)C(C)(C)C. The van der Waals surface area contributed by atoms with Gasteiger partial charge in [-0.25, -0.2) is 0 Å². The van der Waals surface area contributed by atoms with E-state index in [2.05, 4.69) is 20.8 Å². The van der Waals surface area contributed by atoms with Crippen molar-refractivity contribution < 1.29 is 9.59 Å². The molecule has 2 N–H and O–H groups in total. The van der Waals surface area contributed by atoms with Crippen molar-refractivity contribution in [2.75, 3.05) is 5.32 Å². The number of halogens is 2. The molecule has 1 aliphatic rings. The first-order chi connectivity index (χ1) is 12.1. The number of hydrogen-bond acceptors (Lipinski definition) is 5. The maximum absolute atomic E-state index is 12.2. The van der Waals surface area contributed by atoms with Gasteiger partial charge in [0.15, 0.2) is 5.17 Å². The van der Waals surface area contributed by atoms with Crippen molar-refractivity contribution in [1.82, 2.24) is 5.32 Å². The Labute approximate surface area is 166 Å². The first-order valence-corrected chi connectivity index (χ1v) is 9.55. The topological polar surface area (TPSA) is 82.9 Å². The van der Waals surface area contributed by atoms with E-state index in [1.807, 2.05) is 27.7 Å². The summed E-state index contributed by atoms with van der Waals surface area (Å²) in [6.07, 6.45) is 0.0116. The quantitative estimate of drug-likeness (QED) is 0.567. The third-order valence-corrected chi connectivity index (χ3v) is 5.54. The number of nitrogens with one attached hydrogen (secondary N) is 2. The van der Waals surface area contributed by atoms with Crippen LogP contribution in [0, 0.1) is 5.41 Å². The van der Waals surface area contributed by atoms with Gasteiger partial charge in [-0.15, -0.1) is 5.10 Å². The van der Waals surface area contributed by atoms with E-state index >= 15 is 0 Å². The fourth-order valence-electron chi connectivity index (χ4n) is 1.81. The van der Waals surface area contributed by atoms with Gasteiger partial charge in [0.1, 0.15) is 5.25 Å². The average Bonchev–Trinajstić information content (AvgIpc) is 2.87. The van der Waals surface area contributed by atoms with E-state index in [1.54, 1.807) is 18.2 Å². The summed E-state index contributed by atoms with van der Waals surface area (Å²) in [5.41, 5.74) is 1.27. The molecule has 9 heteroatoms. The molecular formula is C17H20Cl2N4O2S. The van der Waals surface area contributed by atoms with Gasteiger partial charge in [-0.05, 0) is 25.1 Å². The molecule has 2 rings (SSSR count). The van der Waals surface area contributed by atoms with Crippen LogP contribution in [0.1, 0.15) is 34.1 Å². The second-order valence-corrected chi connectivity index (χ2v) is 8.82. The van der Waals surface area contributed by atoms with Crippen LogP contribution in [0.15, 0.2) is 28.4 Å². The molecule has 0 radical (unpaired) electrons. The molecule has 6 nitrogen and oxygen atoms in total. The highest BCUT2D eigenvalue weighted by Gasteiger charge is 2.32. The lowest BCUT2D eigenvalue weighted by atomic mass is 9.91. The Morgan fingerprint density at radius 1 is 1.31 bits per heavy atom. The van der Waals surface area contributed by atoms with Crippen molar-refractivity contribution in [3.05, 3.63) is 28.2 Å². The summed E-state index contributed by atoms with van der Waals surface area (Å²) in [6, 6.07) is 4.79. The Morgan fingerprint density at radius 3 is 2.62 bits per heavy atom. The zero-order valence-corrected chi connectivity index (χ0v) is 17.2. The van der Waals surface area contributed by atoms with Crippen LogP contribution >= 0.6 is 35.0 Å². The van der Waals surface area contributed by atoms with Crippen LogP contribution in [0.3, 0.4) is 0 Å². The van der Waals surface area contributed by atoms with Crippen molar-refractivity contribution >= 4 is 63.3 Å². The Bertz CT molecular complexity index is 787. The summed E-state index contributed by atoms with van der Waals surface area (Å²) in [7, 11) is 0. The minimum atomic E-state index is -0.554. The Balaban J connectivity index is 1.96. The largest absolute Gasteiger partial charge is 0.326 e. The molecule has 1 fully saturated rings. The molecule has 140 valence electrons. The zero-order chi connectivity index (χ0) is 19.5. The summed E-state index contributed by atoms with van der Waals surface area (Å²) >= 11 is 13.0. The fraction of sp³-hybridized carbons (Fsp3) is 0.412. The van der Waals surface area contributed by atoms with Crippen molar-refractivity contribution in [3.63, 3.8) is 0 Å². The molecule has 1 unspecified atom stereocenters. The van der Waals surface area contributed by atoms with E-state index in [0.717, 1.165) is 5.71 Å². The molecule has 1 saturated heterocycles. The number of carbonyl (C=O) groups is 2. The minimum absolute atomic E-state index is 0.0116. The number of amides is 2. The van der Waals surface area contributed by atoms with Crippen LogP contribution in [0.25, 0.3) is 0 Å². The number of hydrogen-bond donors (Lipinski definition) is 2. The normalized spacial score (nSPS) is 19.6. The summed E-state index contributed by atoms with van der Waals surface area (Å²) < 4.78 is 0. The van der Waals surface area contributed by atoms with Gasteiger partial charge in [0, 0.05) is 23.2 Å².